The average Bonchev–Trinajstić information content (AvgIpc) is 3.19. The molecule has 0 aromatic heterocycles. The van der Waals surface area contributed by atoms with E-state index in [4.69, 9.17) is 0 Å². The molecule has 2 amide bonds. The number of nitrogens with one attached hydrogen (secondary N) is 1. The molecule has 2 fully saturated rings. The molecule has 0 radical (unpaired) electrons. The van der Waals surface area contributed by atoms with Gasteiger partial charge in [0, 0.05) is 38.2 Å². The van der Waals surface area contributed by atoms with Gasteiger partial charge < -0.3 is 15.1 Å². The first kappa shape index (κ1) is 20.7. The highest BCUT2D eigenvalue weighted by molar-refractivity contribution is 5.94. The van der Waals surface area contributed by atoms with Gasteiger partial charge in [0.1, 0.15) is 0 Å². The molecule has 144 valence electrons. The molecule has 6 heteroatoms. The van der Waals surface area contributed by atoms with Crippen LogP contribution in [0.2, 0.25) is 0 Å². The summed E-state index contributed by atoms with van der Waals surface area (Å²) in [5, 5.41) is 3.36. The van der Waals surface area contributed by atoms with Crippen molar-refractivity contribution in [3.8, 4) is 0 Å². The van der Waals surface area contributed by atoms with Gasteiger partial charge in [-0.1, -0.05) is 18.2 Å². The summed E-state index contributed by atoms with van der Waals surface area (Å²) >= 11 is 0. The molecule has 0 aliphatic carbocycles. The number of carbonyl (C=O) groups excluding carboxylic acids is 2. The smallest absolute Gasteiger partial charge is 0.253 e. The molecule has 0 spiro atoms. The first-order chi connectivity index (χ1) is 12.1. The van der Waals surface area contributed by atoms with Gasteiger partial charge in [0.2, 0.25) is 5.91 Å². The number of likely N-dealkylation sites (tertiary alicyclic amines) is 1. The molecule has 2 saturated heterocycles. The standard InChI is InChI=1S/C20H29N3O2.ClH/c1-22(19(24)8-7-16-9-12-21-15-16)18-10-13-23(14-11-18)20(25)17-5-3-2-4-6-17;/h2-6,16,18,21H,7-15H2,1H3;1H. The van der Waals surface area contributed by atoms with Gasteiger partial charge in [0.25, 0.3) is 5.91 Å². The Morgan fingerprint density at radius 3 is 2.46 bits per heavy atom. The van der Waals surface area contributed by atoms with E-state index in [0.717, 1.165) is 51.0 Å². The molecule has 2 aliphatic heterocycles. The lowest BCUT2D eigenvalue weighted by molar-refractivity contribution is -0.133. The van der Waals surface area contributed by atoms with Crippen molar-refractivity contribution in [2.75, 3.05) is 33.2 Å². The Bertz CT molecular complexity index is 582. The lowest BCUT2D eigenvalue weighted by Gasteiger charge is -2.37. The second-order valence-electron chi connectivity index (χ2n) is 7.29. The minimum absolute atomic E-state index is 0. The first-order valence-electron chi connectivity index (χ1n) is 9.46. The van der Waals surface area contributed by atoms with E-state index in [1.807, 2.05) is 47.2 Å². The molecule has 3 rings (SSSR count). The zero-order valence-corrected chi connectivity index (χ0v) is 16.3. The summed E-state index contributed by atoms with van der Waals surface area (Å²) in [7, 11) is 1.93. The van der Waals surface area contributed by atoms with Crippen LogP contribution in [0.3, 0.4) is 0 Å². The summed E-state index contributed by atoms with van der Waals surface area (Å²) in [4.78, 5) is 28.8. The fourth-order valence-electron chi connectivity index (χ4n) is 3.89. The second kappa shape index (κ2) is 9.93. The van der Waals surface area contributed by atoms with Crippen LogP contribution >= 0.6 is 12.4 Å². The maximum atomic E-state index is 12.5. The van der Waals surface area contributed by atoms with Crippen LogP contribution < -0.4 is 5.32 Å². The maximum Gasteiger partial charge on any atom is 0.253 e. The van der Waals surface area contributed by atoms with E-state index in [2.05, 4.69) is 5.32 Å². The van der Waals surface area contributed by atoms with Gasteiger partial charge >= 0.3 is 0 Å². The maximum absolute atomic E-state index is 12.5. The summed E-state index contributed by atoms with van der Waals surface area (Å²) in [6.07, 6.45) is 4.56. The molecule has 5 nitrogen and oxygen atoms in total. The summed E-state index contributed by atoms with van der Waals surface area (Å²) in [5.74, 6) is 1.00. The Morgan fingerprint density at radius 1 is 1.15 bits per heavy atom. The van der Waals surface area contributed by atoms with Crippen LogP contribution in [0, 0.1) is 5.92 Å². The average molecular weight is 380 g/mol. The van der Waals surface area contributed by atoms with Crippen LogP contribution in [-0.2, 0) is 4.79 Å². The van der Waals surface area contributed by atoms with Crippen LogP contribution in [0.5, 0.6) is 0 Å². The van der Waals surface area contributed by atoms with Gasteiger partial charge in [-0.15, -0.1) is 12.4 Å². The fraction of sp³-hybridized carbons (Fsp3) is 0.600. The van der Waals surface area contributed by atoms with E-state index in [1.165, 1.54) is 6.42 Å². The van der Waals surface area contributed by atoms with Crippen molar-refractivity contribution in [2.45, 2.75) is 38.1 Å². The van der Waals surface area contributed by atoms with Crippen molar-refractivity contribution in [2.24, 2.45) is 5.92 Å². The molecular weight excluding hydrogens is 350 g/mol. The SMILES string of the molecule is CN(C(=O)CCC1CCNC1)C1CCN(C(=O)c2ccccc2)CC1.Cl. The normalized spacial score (nSPS) is 20.5. The van der Waals surface area contributed by atoms with Crippen molar-refractivity contribution < 1.29 is 9.59 Å². The Morgan fingerprint density at radius 2 is 1.85 bits per heavy atom. The molecule has 1 N–H and O–H groups in total. The number of benzene rings is 1. The van der Waals surface area contributed by atoms with Gasteiger partial charge in [0.15, 0.2) is 0 Å². The minimum atomic E-state index is 0. The van der Waals surface area contributed by atoms with Gasteiger partial charge in [-0.2, -0.15) is 0 Å². The number of rotatable bonds is 5. The lowest BCUT2D eigenvalue weighted by atomic mass is 9.99. The summed E-state index contributed by atoms with van der Waals surface area (Å²) in [6, 6.07) is 9.70. The van der Waals surface area contributed by atoms with Crippen molar-refractivity contribution in [3.63, 3.8) is 0 Å². The third-order valence-electron chi connectivity index (χ3n) is 5.64. The molecule has 2 heterocycles. The van der Waals surface area contributed by atoms with Gasteiger partial charge in [-0.05, 0) is 56.8 Å². The zero-order valence-electron chi connectivity index (χ0n) is 15.5. The summed E-state index contributed by atoms with van der Waals surface area (Å²) < 4.78 is 0. The minimum Gasteiger partial charge on any atom is -0.343 e. The summed E-state index contributed by atoms with van der Waals surface area (Å²) in [6.45, 7) is 3.59. The second-order valence-corrected chi connectivity index (χ2v) is 7.29. The van der Waals surface area contributed by atoms with E-state index in [9.17, 15) is 9.59 Å². The lowest BCUT2D eigenvalue weighted by Crippen LogP contribution is -2.47. The highest BCUT2D eigenvalue weighted by Gasteiger charge is 2.28. The Labute approximate surface area is 162 Å². The zero-order chi connectivity index (χ0) is 17.6. The number of carbonyl (C=O) groups is 2. The topological polar surface area (TPSA) is 52.7 Å². The van der Waals surface area contributed by atoms with E-state index < -0.39 is 0 Å². The predicted octanol–water partition coefficient (Wildman–Crippen LogP) is 2.56. The van der Waals surface area contributed by atoms with Crippen molar-refractivity contribution in [3.05, 3.63) is 35.9 Å². The Hall–Kier alpha value is -1.59. The Balaban J connectivity index is 0.00000243. The molecule has 26 heavy (non-hydrogen) atoms. The fourth-order valence-corrected chi connectivity index (χ4v) is 3.89. The van der Waals surface area contributed by atoms with Crippen molar-refractivity contribution >= 4 is 24.2 Å². The molecular formula is C20H30ClN3O2. The van der Waals surface area contributed by atoms with E-state index >= 15 is 0 Å². The predicted molar refractivity (Wildman–Crippen MR) is 106 cm³/mol. The van der Waals surface area contributed by atoms with Gasteiger partial charge in [0.05, 0.1) is 0 Å². The first-order valence-corrected chi connectivity index (χ1v) is 9.46. The monoisotopic (exact) mass is 379 g/mol. The third-order valence-corrected chi connectivity index (χ3v) is 5.64. The largest absolute Gasteiger partial charge is 0.343 e. The highest BCUT2D eigenvalue weighted by Crippen LogP contribution is 2.20. The number of amides is 2. The number of nitrogens with zero attached hydrogens (tertiary/aromatic N) is 2. The van der Waals surface area contributed by atoms with E-state index in [1.54, 1.807) is 0 Å². The third kappa shape index (κ3) is 5.21. The number of hydrogen-bond donors (Lipinski definition) is 1. The van der Waals surface area contributed by atoms with Gasteiger partial charge in [-0.3, -0.25) is 9.59 Å². The molecule has 0 saturated carbocycles. The summed E-state index contributed by atoms with van der Waals surface area (Å²) in [5.41, 5.74) is 0.746. The Kier molecular flexibility index (Phi) is 7.91. The van der Waals surface area contributed by atoms with E-state index in [-0.39, 0.29) is 30.3 Å². The molecule has 1 atom stereocenters. The van der Waals surface area contributed by atoms with Crippen LogP contribution in [0.25, 0.3) is 0 Å². The molecule has 2 aliphatic rings. The van der Waals surface area contributed by atoms with Crippen molar-refractivity contribution in [1.82, 2.24) is 15.1 Å². The number of piperidine rings is 1. The molecule has 1 aromatic carbocycles. The number of hydrogen-bond acceptors (Lipinski definition) is 3. The molecule has 1 unspecified atom stereocenters. The van der Waals surface area contributed by atoms with Crippen LogP contribution in [0.15, 0.2) is 30.3 Å². The van der Waals surface area contributed by atoms with Gasteiger partial charge in [-0.25, -0.2) is 0 Å². The number of halogens is 1. The van der Waals surface area contributed by atoms with E-state index in [0.29, 0.717) is 12.3 Å². The van der Waals surface area contributed by atoms with Crippen molar-refractivity contribution in [1.29, 1.82) is 0 Å². The molecule has 1 aromatic rings. The highest BCUT2D eigenvalue weighted by atomic mass is 35.5. The quantitative estimate of drug-likeness (QED) is 0.855. The molecule has 0 bridgehead atoms. The van der Waals surface area contributed by atoms with Crippen LogP contribution in [0.1, 0.15) is 42.5 Å². The van der Waals surface area contributed by atoms with Crippen LogP contribution in [-0.4, -0.2) is 60.9 Å². The van der Waals surface area contributed by atoms with Crippen LogP contribution in [0.4, 0.5) is 0 Å².